The number of para-hydroxylation sites is 1. The Morgan fingerprint density at radius 3 is 2.44 bits per heavy atom. The standard InChI is InChI=1S/C19H11NO3S2/c21-10-11-5-6-17(24-11)18-8-7-16(25-18)15-9-13(19(22)23)12-3-1-2-4-14(12)20-15/h1-10H,(H,22,23). The Balaban J connectivity index is 1.82. The Kier molecular flexibility index (Phi) is 3.91. The molecule has 4 nitrogen and oxygen atoms in total. The van der Waals surface area contributed by atoms with Crippen molar-refractivity contribution in [3.63, 3.8) is 0 Å². The van der Waals surface area contributed by atoms with Gasteiger partial charge in [-0.05, 0) is 36.4 Å². The molecular formula is C19H11NO3S2. The van der Waals surface area contributed by atoms with Crippen LogP contribution in [-0.2, 0) is 0 Å². The summed E-state index contributed by atoms with van der Waals surface area (Å²) in [6.45, 7) is 0. The Morgan fingerprint density at radius 2 is 1.68 bits per heavy atom. The highest BCUT2D eigenvalue weighted by atomic mass is 32.1. The average Bonchev–Trinajstić information content (AvgIpc) is 3.29. The molecule has 122 valence electrons. The number of rotatable bonds is 4. The number of carbonyl (C=O) groups is 2. The van der Waals surface area contributed by atoms with Crippen molar-refractivity contribution < 1.29 is 14.7 Å². The van der Waals surface area contributed by atoms with Crippen LogP contribution in [0.3, 0.4) is 0 Å². The van der Waals surface area contributed by atoms with Gasteiger partial charge in [-0.3, -0.25) is 4.79 Å². The summed E-state index contributed by atoms with van der Waals surface area (Å²) >= 11 is 2.96. The van der Waals surface area contributed by atoms with Crippen LogP contribution in [0.5, 0.6) is 0 Å². The summed E-state index contributed by atoms with van der Waals surface area (Å²) in [5, 5.41) is 10.1. The number of aromatic carboxylic acids is 1. The van der Waals surface area contributed by atoms with E-state index in [0.29, 0.717) is 21.5 Å². The van der Waals surface area contributed by atoms with Gasteiger partial charge in [-0.1, -0.05) is 18.2 Å². The maximum Gasteiger partial charge on any atom is 0.336 e. The fourth-order valence-electron chi connectivity index (χ4n) is 2.64. The fourth-order valence-corrected chi connectivity index (χ4v) is 4.51. The van der Waals surface area contributed by atoms with Crippen LogP contribution in [0.25, 0.3) is 31.2 Å². The zero-order valence-electron chi connectivity index (χ0n) is 12.8. The number of aldehydes is 1. The first-order valence-corrected chi connectivity index (χ1v) is 9.07. The molecule has 0 atom stereocenters. The first-order chi connectivity index (χ1) is 12.2. The quantitative estimate of drug-likeness (QED) is 0.505. The number of benzene rings is 1. The van der Waals surface area contributed by atoms with Gasteiger partial charge in [0.05, 0.1) is 26.5 Å². The lowest BCUT2D eigenvalue weighted by Gasteiger charge is -2.05. The number of carboxylic acid groups (broad SMARTS) is 1. The fraction of sp³-hybridized carbons (Fsp3) is 0. The molecule has 0 unspecified atom stereocenters. The zero-order valence-corrected chi connectivity index (χ0v) is 14.4. The Labute approximate surface area is 151 Å². The molecular weight excluding hydrogens is 354 g/mol. The van der Waals surface area contributed by atoms with Crippen molar-refractivity contribution in [2.75, 3.05) is 0 Å². The highest BCUT2D eigenvalue weighted by molar-refractivity contribution is 7.24. The summed E-state index contributed by atoms with van der Waals surface area (Å²) in [5.41, 5.74) is 1.54. The minimum atomic E-state index is -0.967. The van der Waals surface area contributed by atoms with Gasteiger partial charge in [0.1, 0.15) is 0 Å². The lowest BCUT2D eigenvalue weighted by molar-refractivity contribution is 0.0699. The van der Waals surface area contributed by atoms with E-state index >= 15 is 0 Å². The first-order valence-electron chi connectivity index (χ1n) is 7.44. The van der Waals surface area contributed by atoms with Crippen molar-refractivity contribution in [2.24, 2.45) is 0 Å². The predicted octanol–water partition coefficient (Wildman–Crippen LogP) is 5.20. The second kappa shape index (κ2) is 6.23. The summed E-state index contributed by atoms with van der Waals surface area (Å²) in [7, 11) is 0. The van der Waals surface area contributed by atoms with E-state index in [2.05, 4.69) is 4.98 Å². The molecule has 4 aromatic rings. The molecule has 0 amide bonds. The molecule has 0 radical (unpaired) electrons. The molecule has 1 N–H and O–H groups in total. The van der Waals surface area contributed by atoms with E-state index in [1.807, 2.05) is 30.3 Å². The monoisotopic (exact) mass is 365 g/mol. The van der Waals surface area contributed by atoms with Crippen molar-refractivity contribution in [3.8, 4) is 20.3 Å². The maximum atomic E-state index is 11.6. The molecule has 0 saturated carbocycles. The van der Waals surface area contributed by atoms with Crippen molar-refractivity contribution in [1.82, 2.24) is 4.98 Å². The third kappa shape index (κ3) is 2.86. The molecule has 4 rings (SSSR count). The molecule has 1 aromatic carbocycles. The summed E-state index contributed by atoms with van der Waals surface area (Å²) in [6, 6.07) is 16.5. The molecule has 0 saturated heterocycles. The Bertz CT molecular complexity index is 1110. The van der Waals surface area contributed by atoms with Crippen LogP contribution in [0.15, 0.2) is 54.6 Å². The van der Waals surface area contributed by atoms with Crippen molar-refractivity contribution in [3.05, 3.63) is 65.0 Å². The van der Waals surface area contributed by atoms with E-state index in [0.717, 1.165) is 20.9 Å². The molecule has 6 heteroatoms. The topological polar surface area (TPSA) is 67.3 Å². The SMILES string of the molecule is O=Cc1ccc(-c2ccc(-c3cc(C(=O)O)c4ccccc4n3)s2)s1. The number of aromatic nitrogens is 1. The third-order valence-corrected chi connectivity index (χ3v) is 6.10. The number of pyridine rings is 1. The number of fused-ring (bicyclic) bond motifs is 1. The Hall–Kier alpha value is -2.83. The number of nitrogens with zero attached hydrogens (tertiary/aromatic N) is 1. The van der Waals surface area contributed by atoms with Crippen molar-refractivity contribution >= 4 is 45.8 Å². The molecule has 0 aliphatic carbocycles. The highest BCUT2D eigenvalue weighted by Crippen LogP contribution is 2.37. The van der Waals surface area contributed by atoms with E-state index in [9.17, 15) is 14.7 Å². The lowest BCUT2D eigenvalue weighted by atomic mass is 10.1. The van der Waals surface area contributed by atoms with Gasteiger partial charge in [-0.25, -0.2) is 9.78 Å². The smallest absolute Gasteiger partial charge is 0.336 e. The van der Waals surface area contributed by atoms with Crippen LogP contribution >= 0.6 is 22.7 Å². The Morgan fingerprint density at radius 1 is 0.960 bits per heavy atom. The number of carbonyl (C=O) groups excluding carboxylic acids is 1. The van der Waals surface area contributed by atoms with Gasteiger partial charge in [-0.15, -0.1) is 22.7 Å². The van der Waals surface area contributed by atoms with E-state index in [-0.39, 0.29) is 5.56 Å². The second-order valence-electron chi connectivity index (χ2n) is 5.36. The minimum absolute atomic E-state index is 0.245. The van der Waals surface area contributed by atoms with Gasteiger partial charge in [0.2, 0.25) is 0 Å². The molecule has 3 heterocycles. The van der Waals surface area contributed by atoms with Crippen LogP contribution in [-0.4, -0.2) is 22.3 Å². The van der Waals surface area contributed by atoms with Crippen LogP contribution in [0, 0.1) is 0 Å². The van der Waals surface area contributed by atoms with Crippen molar-refractivity contribution in [1.29, 1.82) is 0 Å². The summed E-state index contributed by atoms with van der Waals surface area (Å²) in [5.74, 6) is -0.967. The molecule has 0 bridgehead atoms. The second-order valence-corrected chi connectivity index (χ2v) is 7.56. The average molecular weight is 365 g/mol. The first kappa shape index (κ1) is 15.7. The van der Waals surface area contributed by atoms with Crippen LogP contribution < -0.4 is 0 Å². The summed E-state index contributed by atoms with van der Waals surface area (Å²) in [4.78, 5) is 30.7. The molecule has 0 aliphatic rings. The van der Waals surface area contributed by atoms with Gasteiger partial charge in [-0.2, -0.15) is 0 Å². The largest absolute Gasteiger partial charge is 0.478 e. The maximum absolute atomic E-state index is 11.6. The van der Waals surface area contributed by atoms with Gasteiger partial charge < -0.3 is 5.11 Å². The highest BCUT2D eigenvalue weighted by Gasteiger charge is 2.14. The predicted molar refractivity (Wildman–Crippen MR) is 101 cm³/mol. The van der Waals surface area contributed by atoms with E-state index < -0.39 is 5.97 Å². The number of hydrogen-bond donors (Lipinski definition) is 1. The molecule has 25 heavy (non-hydrogen) atoms. The lowest BCUT2D eigenvalue weighted by Crippen LogP contribution is -1.99. The molecule has 0 aliphatic heterocycles. The minimum Gasteiger partial charge on any atom is -0.478 e. The van der Waals surface area contributed by atoms with Gasteiger partial charge >= 0.3 is 5.97 Å². The molecule has 3 aromatic heterocycles. The van der Waals surface area contributed by atoms with Crippen LogP contribution in [0.2, 0.25) is 0 Å². The van der Waals surface area contributed by atoms with Crippen LogP contribution in [0.1, 0.15) is 20.0 Å². The summed E-state index contributed by atoms with van der Waals surface area (Å²) < 4.78 is 0. The summed E-state index contributed by atoms with van der Waals surface area (Å²) in [6.07, 6.45) is 0.840. The third-order valence-electron chi connectivity index (χ3n) is 3.79. The number of carboxylic acids is 1. The number of hydrogen-bond acceptors (Lipinski definition) is 5. The van der Waals surface area contributed by atoms with Gasteiger partial charge in [0.25, 0.3) is 0 Å². The van der Waals surface area contributed by atoms with Crippen LogP contribution in [0.4, 0.5) is 0 Å². The normalized spacial score (nSPS) is 10.9. The van der Waals surface area contributed by atoms with Gasteiger partial charge in [0, 0.05) is 15.1 Å². The van der Waals surface area contributed by atoms with E-state index in [4.69, 9.17) is 0 Å². The van der Waals surface area contributed by atoms with E-state index in [1.54, 1.807) is 24.3 Å². The zero-order chi connectivity index (χ0) is 17.4. The van der Waals surface area contributed by atoms with E-state index in [1.165, 1.54) is 22.7 Å². The molecule has 0 fully saturated rings. The molecule has 0 spiro atoms. The number of thiophene rings is 2. The van der Waals surface area contributed by atoms with Gasteiger partial charge in [0.15, 0.2) is 6.29 Å². The van der Waals surface area contributed by atoms with Crippen molar-refractivity contribution in [2.45, 2.75) is 0 Å².